The molecule has 0 aromatic heterocycles. The molecule has 1 heterocycles. The highest BCUT2D eigenvalue weighted by Crippen LogP contribution is 2.53. The van der Waals surface area contributed by atoms with Gasteiger partial charge in [0.2, 0.25) is 5.91 Å². The summed E-state index contributed by atoms with van der Waals surface area (Å²) in [7, 11) is -1.22. The highest BCUT2D eigenvalue weighted by molar-refractivity contribution is 7.57. The molecule has 0 aliphatic carbocycles. The predicted molar refractivity (Wildman–Crippen MR) is 46.1 cm³/mol. The number of rotatable bonds is 2. The number of amides is 1. The lowest BCUT2D eigenvalue weighted by molar-refractivity contribution is -0.126. The van der Waals surface area contributed by atoms with Gasteiger partial charge in [-0.3, -0.25) is 14.0 Å². The molecule has 1 amide bonds. The Labute approximate surface area is 72.4 Å². The van der Waals surface area contributed by atoms with Gasteiger partial charge in [-0.25, -0.2) is 0 Å². The van der Waals surface area contributed by atoms with Gasteiger partial charge in [0.1, 0.15) is 0 Å². The third-order valence-corrected chi connectivity index (χ3v) is 4.66. The van der Waals surface area contributed by atoms with Crippen molar-refractivity contribution in [2.75, 3.05) is 19.8 Å². The molecule has 0 saturated carbocycles. The average Bonchev–Trinajstić information content (AvgIpc) is 2.01. The van der Waals surface area contributed by atoms with E-state index in [1.165, 1.54) is 4.67 Å². The summed E-state index contributed by atoms with van der Waals surface area (Å²) in [5, 5.41) is 0. The summed E-state index contributed by atoms with van der Waals surface area (Å²) in [4.78, 5) is 11.2. The number of hydrogen-bond donors (Lipinski definition) is 0. The quantitative estimate of drug-likeness (QED) is 0.621. The van der Waals surface area contributed by atoms with Gasteiger partial charge >= 0.3 is 0 Å². The molecular formula is C7H14NO3P. The van der Waals surface area contributed by atoms with E-state index in [4.69, 9.17) is 4.52 Å². The first-order valence-electron chi connectivity index (χ1n) is 4.11. The third-order valence-electron chi connectivity index (χ3n) is 1.98. The zero-order valence-corrected chi connectivity index (χ0v) is 8.34. The van der Waals surface area contributed by atoms with Gasteiger partial charge in [-0.1, -0.05) is 0 Å². The second kappa shape index (κ2) is 3.58. The SMILES string of the molecule is CCOP1(=O)CCCC(=O)N1C. The van der Waals surface area contributed by atoms with Crippen LogP contribution < -0.4 is 0 Å². The molecule has 4 nitrogen and oxygen atoms in total. The number of carbonyl (C=O) groups is 1. The van der Waals surface area contributed by atoms with Gasteiger partial charge in [-0.05, 0) is 13.3 Å². The van der Waals surface area contributed by atoms with Crippen molar-refractivity contribution in [3.8, 4) is 0 Å². The molecule has 1 atom stereocenters. The fourth-order valence-electron chi connectivity index (χ4n) is 1.26. The molecule has 1 aliphatic rings. The summed E-state index contributed by atoms with van der Waals surface area (Å²) >= 11 is 0. The summed E-state index contributed by atoms with van der Waals surface area (Å²) in [6.07, 6.45) is 1.68. The smallest absolute Gasteiger partial charge is 0.298 e. The first-order valence-corrected chi connectivity index (χ1v) is 5.87. The lowest BCUT2D eigenvalue weighted by atomic mass is 10.3. The highest BCUT2D eigenvalue weighted by atomic mass is 31.2. The van der Waals surface area contributed by atoms with Crippen molar-refractivity contribution >= 4 is 13.4 Å². The predicted octanol–water partition coefficient (Wildman–Crippen LogP) is 1.47. The molecule has 1 rings (SSSR count). The van der Waals surface area contributed by atoms with Crippen LogP contribution in [-0.4, -0.2) is 30.4 Å². The number of carbonyl (C=O) groups excluding carboxylic acids is 1. The second-order valence-corrected chi connectivity index (χ2v) is 5.38. The monoisotopic (exact) mass is 191 g/mol. The second-order valence-electron chi connectivity index (χ2n) is 2.80. The normalized spacial score (nSPS) is 30.8. The van der Waals surface area contributed by atoms with Gasteiger partial charge in [-0.15, -0.1) is 0 Å². The lowest BCUT2D eigenvalue weighted by Crippen LogP contribution is -2.30. The van der Waals surface area contributed by atoms with Gasteiger partial charge < -0.3 is 4.52 Å². The van der Waals surface area contributed by atoms with Crippen molar-refractivity contribution in [2.45, 2.75) is 19.8 Å². The Bertz CT molecular complexity index is 223. The Balaban J connectivity index is 2.74. The molecule has 1 saturated heterocycles. The molecule has 0 aromatic carbocycles. The molecule has 0 N–H and O–H groups in total. The van der Waals surface area contributed by atoms with E-state index in [0.717, 1.165) is 0 Å². The van der Waals surface area contributed by atoms with Crippen molar-refractivity contribution in [1.82, 2.24) is 4.67 Å². The molecular weight excluding hydrogens is 177 g/mol. The maximum Gasteiger partial charge on any atom is 0.298 e. The standard InChI is InChI=1S/C7H14NO3P/c1-3-11-12(10)6-4-5-7(9)8(12)2/h3-6H2,1-2H3. The zero-order chi connectivity index (χ0) is 9.19. The van der Waals surface area contributed by atoms with E-state index in [2.05, 4.69) is 0 Å². The molecule has 0 bridgehead atoms. The van der Waals surface area contributed by atoms with Crippen LogP contribution in [0.5, 0.6) is 0 Å². The Morgan fingerprint density at radius 1 is 1.67 bits per heavy atom. The average molecular weight is 191 g/mol. The largest absolute Gasteiger partial charge is 0.314 e. The fourth-order valence-corrected chi connectivity index (χ4v) is 3.27. The molecule has 1 unspecified atom stereocenters. The van der Waals surface area contributed by atoms with Gasteiger partial charge in [0.15, 0.2) is 0 Å². The van der Waals surface area contributed by atoms with Crippen LogP contribution in [0.15, 0.2) is 0 Å². The number of hydrogen-bond acceptors (Lipinski definition) is 3. The Kier molecular flexibility index (Phi) is 2.91. The van der Waals surface area contributed by atoms with Gasteiger partial charge in [0.25, 0.3) is 7.52 Å². The molecule has 0 radical (unpaired) electrons. The van der Waals surface area contributed by atoms with Gasteiger partial charge in [0, 0.05) is 19.6 Å². The van der Waals surface area contributed by atoms with Crippen molar-refractivity contribution in [3.63, 3.8) is 0 Å². The van der Waals surface area contributed by atoms with Crippen LogP contribution >= 0.6 is 7.52 Å². The first kappa shape index (κ1) is 9.75. The molecule has 12 heavy (non-hydrogen) atoms. The highest BCUT2D eigenvalue weighted by Gasteiger charge is 2.35. The van der Waals surface area contributed by atoms with E-state index in [-0.39, 0.29) is 5.91 Å². The van der Waals surface area contributed by atoms with Gasteiger partial charge in [-0.2, -0.15) is 0 Å². The summed E-state index contributed by atoms with van der Waals surface area (Å²) in [5.74, 6) is -0.0713. The van der Waals surface area contributed by atoms with Crippen LogP contribution in [0, 0.1) is 0 Å². The van der Waals surface area contributed by atoms with Crippen LogP contribution in [0.1, 0.15) is 19.8 Å². The van der Waals surface area contributed by atoms with Crippen molar-refractivity contribution in [2.24, 2.45) is 0 Å². The Morgan fingerprint density at radius 2 is 2.33 bits per heavy atom. The molecule has 0 aromatic rings. The first-order chi connectivity index (χ1) is 5.60. The summed E-state index contributed by atoms with van der Waals surface area (Å²) in [6, 6.07) is 0. The minimum Gasteiger partial charge on any atom is -0.314 e. The summed E-state index contributed by atoms with van der Waals surface area (Å²) in [5.41, 5.74) is 0. The van der Waals surface area contributed by atoms with Crippen LogP contribution in [0.2, 0.25) is 0 Å². The van der Waals surface area contributed by atoms with E-state index >= 15 is 0 Å². The van der Waals surface area contributed by atoms with Crippen LogP contribution in [0.3, 0.4) is 0 Å². The maximum atomic E-state index is 11.9. The van der Waals surface area contributed by atoms with Crippen molar-refractivity contribution in [1.29, 1.82) is 0 Å². The Morgan fingerprint density at radius 3 is 2.92 bits per heavy atom. The molecule has 1 aliphatic heterocycles. The summed E-state index contributed by atoms with van der Waals surface area (Å²) < 4.78 is 18.2. The summed E-state index contributed by atoms with van der Waals surface area (Å²) in [6.45, 7) is 2.18. The lowest BCUT2D eigenvalue weighted by Gasteiger charge is -2.31. The number of nitrogens with zero attached hydrogens (tertiary/aromatic N) is 1. The van der Waals surface area contributed by atoms with E-state index in [1.54, 1.807) is 14.0 Å². The van der Waals surface area contributed by atoms with E-state index in [1.807, 2.05) is 0 Å². The minimum atomic E-state index is -2.78. The molecule has 70 valence electrons. The van der Waals surface area contributed by atoms with Crippen LogP contribution in [0.25, 0.3) is 0 Å². The van der Waals surface area contributed by atoms with E-state index in [0.29, 0.717) is 25.6 Å². The van der Waals surface area contributed by atoms with Crippen LogP contribution in [0.4, 0.5) is 0 Å². The van der Waals surface area contributed by atoms with Crippen molar-refractivity contribution < 1.29 is 13.9 Å². The van der Waals surface area contributed by atoms with E-state index in [9.17, 15) is 9.36 Å². The fraction of sp³-hybridized carbons (Fsp3) is 0.857. The molecule has 1 fully saturated rings. The maximum absolute atomic E-state index is 11.9. The van der Waals surface area contributed by atoms with Crippen molar-refractivity contribution in [3.05, 3.63) is 0 Å². The van der Waals surface area contributed by atoms with Crippen LogP contribution in [-0.2, 0) is 13.9 Å². The minimum absolute atomic E-state index is 0.0713. The third kappa shape index (κ3) is 1.70. The van der Waals surface area contributed by atoms with Gasteiger partial charge in [0.05, 0.1) is 6.61 Å². The molecule has 5 heteroatoms. The Hall–Kier alpha value is -0.340. The molecule has 0 spiro atoms. The topological polar surface area (TPSA) is 46.6 Å². The zero-order valence-electron chi connectivity index (χ0n) is 7.45. The van der Waals surface area contributed by atoms with E-state index < -0.39 is 7.52 Å².